The minimum atomic E-state index is -1.07. The van der Waals surface area contributed by atoms with Gasteiger partial charge in [0.15, 0.2) is 0 Å². The molecular weight excluding hydrogens is 304 g/mol. The Bertz CT molecular complexity index is 990. The SMILES string of the molecule is O=C(O)C1CCc2ccc3c(ccc4ccccc43)c2C1C(=O)O. The van der Waals surface area contributed by atoms with Crippen molar-refractivity contribution in [2.75, 3.05) is 0 Å². The Morgan fingerprint density at radius 3 is 2.33 bits per heavy atom. The molecule has 0 bridgehead atoms. The summed E-state index contributed by atoms with van der Waals surface area (Å²) in [6, 6.07) is 15.8. The van der Waals surface area contributed by atoms with E-state index in [1.165, 1.54) is 0 Å². The van der Waals surface area contributed by atoms with E-state index in [0.717, 1.165) is 27.1 Å². The van der Waals surface area contributed by atoms with Crippen LogP contribution in [0.25, 0.3) is 21.5 Å². The van der Waals surface area contributed by atoms with E-state index in [-0.39, 0.29) is 0 Å². The Morgan fingerprint density at radius 2 is 1.58 bits per heavy atom. The van der Waals surface area contributed by atoms with E-state index in [4.69, 9.17) is 0 Å². The van der Waals surface area contributed by atoms with Gasteiger partial charge in [-0.3, -0.25) is 9.59 Å². The Kier molecular flexibility index (Phi) is 3.27. The van der Waals surface area contributed by atoms with Gasteiger partial charge in [0.1, 0.15) is 0 Å². The minimum Gasteiger partial charge on any atom is -0.481 e. The third-order valence-electron chi connectivity index (χ3n) is 5.08. The smallest absolute Gasteiger partial charge is 0.311 e. The van der Waals surface area contributed by atoms with Crippen molar-refractivity contribution in [3.8, 4) is 0 Å². The van der Waals surface area contributed by atoms with Crippen LogP contribution in [-0.2, 0) is 16.0 Å². The van der Waals surface area contributed by atoms with Crippen molar-refractivity contribution >= 4 is 33.5 Å². The molecule has 0 aliphatic heterocycles. The maximum atomic E-state index is 11.9. The van der Waals surface area contributed by atoms with Crippen molar-refractivity contribution in [2.45, 2.75) is 18.8 Å². The molecule has 1 aliphatic rings. The van der Waals surface area contributed by atoms with Crippen LogP contribution in [0.5, 0.6) is 0 Å². The van der Waals surface area contributed by atoms with E-state index in [1.54, 1.807) is 0 Å². The lowest BCUT2D eigenvalue weighted by atomic mass is 9.73. The first kappa shape index (κ1) is 14.7. The molecule has 0 aromatic heterocycles. The van der Waals surface area contributed by atoms with E-state index in [1.807, 2.05) is 48.5 Å². The summed E-state index contributed by atoms with van der Waals surface area (Å²) in [5.41, 5.74) is 1.62. The van der Waals surface area contributed by atoms with Gasteiger partial charge in [0.25, 0.3) is 0 Å². The first-order valence-electron chi connectivity index (χ1n) is 7.97. The van der Waals surface area contributed by atoms with Crippen LogP contribution in [0, 0.1) is 5.92 Å². The molecule has 2 unspecified atom stereocenters. The monoisotopic (exact) mass is 320 g/mol. The molecule has 0 spiro atoms. The third-order valence-corrected chi connectivity index (χ3v) is 5.08. The summed E-state index contributed by atoms with van der Waals surface area (Å²) in [5, 5.41) is 23.1. The summed E-state index contributed by atoms with van der Waals surface area (Å²) in [6.07, 6.45) is 0.956. The minimum absolute atomic E-state index is 0.360. The van der Waals surface area contributed by atoms with Crippen LogP contribution < -0.4 is 0 Å². The molecule has 24 heavy (non-hydrogen) atoms. The van der Waals surface area contributed by atoms with Gasteiger partial charge in [-0.25, -0.2) is 0 Å². The molecule has 120 valence electrons. The molecule has 4 heteroatoms. The summed E-state index contributed by atoms with van der Waals surface area (Å²) in [4.78, 5) is 23.4. The molecule has 1 aliphatic carbocycles. The van der Waals surface area contributed by atoms with Gasteiger partial charge in [0.2, 0.25) is 0 Å². The number of aliphatic carboxylic acids is 2. The molecule has 2 N–H and O–H groups in total. The predicted octanol–water partition coefficient (Wildman–Crippen LogP) is 3.81. The van der Waals surface area contributed by atoms with Gasteiger partial charge in [-0.05, 0) is 45.5 Å². The van der Waals surface area contributed by atoms with Crippen LogP contribution in [0.1, 0.15) is 23.5 Å². The fourth-order valence-corrected chi connectivity index (χ4v) is 3.98. The number of hydrogen-bond donors (Lipinski definition) is 2. The number of rotatable bonds is 2. The zero-order valence-corrected chi connectivity index (χ0v) is 12.9. The van der Waals surface area contributed by atoms with Gasteiger partial charge in [-0.1, -0.05) is 48.5 Å². The molecule has 4 nitrogen and oxygen atoms in total. The molecule has 0 amide bonds. The standard InChI is InChI=1S/C20H16O4/c21-19(22)16-10-7-12-6-8-14-13-4-2-1-3-11(13)5-9-15(14)17(12)18(16)20(23)24/h1-6,8-9,16,18H,7,10H2,(H,21,22)(H,23,24). The van der Waals surface area contributed by atoms with Crippen molar-refractivity contribution in [3.05, 3.63) is 59.7 Å². The largest absolute Gasteiger partial charge is 0.481 e. The van der Waals surface area contributed by atoms with Crippen LogP contribution in [0.15, 0.2) is 48.5 Å². The molecule has 0 fully saturated rings. The number of carbonyl (C=O) groups is 2. The van der Waals surface area contributed by atoms with Crippen LogP contribution >= 0.6 is 0 Å². The van der Waals surface area contributed by atoms with Crippen molar-refractivity contribution < 1.29 is 19.8 Å². The van der Waals surface area contributed by atoms with Crippen molar-refractivity contribution in [2.24, 2.45) is 5.92 Å². The summed E-state index contributed by atoms with van der Waals surface area (Å²) in [6.45, 7) is 0. The lowest BCUT2D eigenvalue weighted by Crippen LogP contribution is -2.32. The fraction of sp³-hybridized carbons (Fsp3) is 0.200. The highest BCUT2D eigenvalue weighted by Crippen LogP contribution is 2.42. The highest BCUT2D eigenvalue weighted by atomic mass is 16.4. The normalized spacial score (nSPS) is 20.0. The first-order valence-corrected chi connectivity index (χ1v) is 7.97. The molecular formula is C20H16O4. The Labute approximate surface area is 138 Å². The zero-order valence-electron chi connectivity index (χ0n) is 12.9. The van der Waals surface area contributed by atoms with E-state index in [2.05, 4.69) is 0 Å². The molecule has 3 aromatic carbocycles. The quantitative estimate of drug-likeness (QED) is 0.704. The van der Waals surface area contributed by atoms with E-state index in [9.17, 15) is 19.8 Å². The summed E-state index contributed by atoms with van der Waals surface area (Å²) in [7, 11) is 0. The van der Waals surface area contributed by atoms with Crippen LogP contribution in [0.2, 0.25) is 0 Å². The third kappa shape index (κ3) is 2.07. The number of hydrogen-bond acceptors (Lipinski definition) is 2. The molecule has 0 saturated carbocycles. The average molecular weight is 320 g/mol. The zero-order chi connectivity index (χ0) is 16.8. The second-order valence-corrected chi connectivity index (χ2v) is 6.32. The van der Waals surface area contributed by atoms with Gasteiger partial charge < -0.3 is 10.2 Å². The van der Waals surface area contributed by atoms with Gasteiger partial charge >= 0.3 is 11.9 Å². The Hall–Kier alpha value is -2.88. The van der Waals surface area contributed by atoms with E-state index in [0.29, 0.717) is 18.4 Å². The van der Waals surface area contributed by atoms with Crippen molar-refractivity contribution in [1.82, 2.24) is 0 Å². The van der Waals surface area contributed by atoms with Crippen LogP contribution in [-0.4, -0.2) is 22.2 Å². The number of aryl methyl sites for hydroxylation is 1. The first-order chi connectivity index (χ1) is 11.6. The lowest BCUT2D eigenvalue weighted by Gasteiger charge is -2.29. The second-order valence-electron chi connectivity index (χ2n) is 6.32. The highest BCUT2D eigenvalue weighted by Gasteiger charge is 2.40. The fourth-order valence-electron chi connectivity index (χ4n) is 3.98. The number of fused-ring (bicyclic) bond motifs is 5. The lowest BCUT2D eigenvalue weighted by molar-refractivity contribution is -0.150. The van der Waals surface area contributed by atoms with Crippen molar-refractivity contribution in [3.63, 3.8) is 0 Å². The number of benzene rings is 3. The Morgan fingerprint density at radius 1 is 0.833 bits per heavy atom. The Balaban J connectivity index is 2.07. The van der Waals surface area contributed by atoms with E-state index < -0.39 is 23.8 Å². The summed E-state index contributed by atoms with van der Waals surface area (Å²) < 4.78 is 0. The molecule has 0 heterocycles. The van der Waals surface area contributed by atoms with Gasteiger partial charge in [0, 0.05) is 0 Å². The maximum Gasteiger partial charge on any atom is 0.311 e. The molecule has 4 rings (SSSR count). The number of carboxylic acids is 2. The van der Waals surface area contributed by atoms with Gasteiger partial charge in [0.05, 0.1) is 11.8 Å². The summed E-state index contributed by atoms with van der Waals surface area (Å²) in [5.74, 6) is -3.99. The van der Waals surface area contributed by atoms with Crippen LogP contribution in [0.4, 0.5) is 0 Å². The highest BCUT2D eigenvalue weighted by molar-refractivity contribution is 6.10. The molecule has 0 radical (unpaired) electrons. The van der Waals surface area contributed by atoms with Crippen molar-refractivity contribution in [1.29, 1.82) is 0 Å². The van der Waals surface area contributed by atoms with Crippen LogP contribution in [0.3, 0.4) is 0 Å². The van der Waals surface area contributed by atoms with Gasteiger partial charge in [-0.15, -0.1) is 0 Å². The van der Waals surface area contributed by atoms with E-state index >= 15 is 0 Å². The summed E-state index contributed by atoms with van der Waals surface area (Å²) >= 11 is 0. The maximum absolute atomic E-state index is 11.9. The van der Waals surface area contributed by atoms with Gasteiger partial charge in [-0.2, -0.15) is 0 Å². The predicted molar refractivity (Wildman–Crippen MR) is 91.3 cm³/mol. The molecule has 3 aromatic rings. The molecule has 0 saturated heterocycles. The average Bonchev–Trinajstić information content (AvgIpc) is 2.59. The second kappa shape index (κ2) is 5.34. The molecule has 2 atom stereocenters. The topological polar surface area (TPSA) is 74.6 Å². The number of carboxylic acid groups (broad SMARTS) is 2.